The predicted octanol–water partition coefficient (Wildman–Crippen LogP) is 4.10. The molecule has 0 spiro atoms. The van der Waals surface area contributed by atoms with Crippen LogP contribution < -0.4 is 15.9 Å². The maximum Gasteiger partial charge on any atom is 0.102 e. The van der Waals surface area contributed by atoms with Gasteiger partial charge in [-0.3, -0.25) is 0 Å². The fraction of sp³-hybridized carbons (Fsp3) is 0.143. The van der Waals surface area contributed by atoms with Gasteiger partial charge in [-0.2, -0.15) is 0 Å². The summed E-state index contributed by atoms with van der Waals surface area (Å²) in [7, 11) is -0.927. The molecule has 0 aliphatic rings. The first-order valence-electron chi connectivity index (χ1n) is 7.71. The van der Waals surface area contributed by atoms with E-state index in [9.17, 15) is 0 Å². The van der Waals surface area contributed by atoms with Crippen LogP contribution in [0.3, 0.4) is 0 Å². The van der Waals surface area contributed by atoms with E-state index in [4.69, 9.17) is 0 Å². The van der Waals surface area contributed by atoms with E-state index in [-0.39, 0.29) is 20.4 Å². The average molecular weight is 412 g/mol. The fourth-order valence-corrected chi connectivity index (χ4v) is 5.16. The van der Waals surface area contributed by atoms with E-state index in [1.807, 2.05) is 0 Å². The molecule has 3 aromatic carbocycles. The average Bonchev–Trinajstić information content (AvgIpc) is 2.53. The van der Waals surface area contributed by atoms with Gasteiger partial charge in [0.15, 0.2) is 0 Å². The first-order chi connectivity index (χ1) is 10.6. The van der Waals surface area contributed by atoms with Crippen molar-refractivity contribution in [1.82, 2.24) is 0 Å². The van der Waals surface area contributed by atoms with Gasteiger partial charge in [0.25, 0.3) is 0 Å². The molecule has 0 radical (unpaired) electrons. The van der Waals surface area contributed by atoms with Crippen molar-refractivity contribution in [3.05, 3.63) is 89.5 Å². The normalized spacial score (nSPS) is 10.4. The molecule has 0 heterocycles. The Morgan fingerprint density at radius 2 is 0.652 bits per heavy atom. The second-order valence-corrected chi connectivity index (χ2v) is 8.46. The van der Waals surface area contributed by atoms with Crippen LogP contribution in [0.5, 0.6) is 0 Å². The van der Waals surface area contributed by atoms with Crippen LogP contribution in [0.2, 0.25) is 0 Å². The molecule has 0 bridgehead atoms. The number of benzene rings is 3. The molecule has 0 saturated carbocycles. The van der Waals surface area contributed by atoms with Crippen molar-refractivity contribution in [3.8, 4) is 0 Å². The molecule has 0 atom stereocenters. The van der Waals surface area contributed by atoms with Crippen molar-refractivity contribution in [3.63, 3.8) is 0 Å². The molecule has 0 saturated heterocycles. The summed E-state index contributed by atoms with van der Waals surface area (Å²) >= 11 is 0. The zero-order valence-electron chi connectivity index (χ0n) is 13.7. The van der Waals surface area contributed by atoms with Gasteiger partial charge in [-0.05, 0) is 57.2 Å². The third kappa shape index (κ3) is 4.39. The van der Waals surface area contributed by atoms with E-state index in [0.29, 0.717) is 0 Å². The Kier molecular flexibility index (Phi) is 6.32. The molecule has 0 amide bonds. The molecule has 23 heavy (non-hydrogen) atoms. The third-order valence-corrected chi connectivity index (χ3v) is 6.75. The Morgan fingerprint density at radius 1 is 0.435 bits per heavy atom. The minimum Gasteiger partial charge on any atom is -0.0554 e. The summed E-state index contributed by atoms with van der Waals surface area (Å²) in [4.78, 5) is 0. The Morgan fingerprint density at radius 3 is 0.870 bits per heavy atom. The van der Waals surface area contributed by atoms with Gasteiger partial charge in [-0.1, -0.05) is 53.1 Å². The van der Waals surface area contributed by atoms with Crippen LogP contribution in [-0.4, -0.2) is 0 Å². The molecular weight excluding hydrogens is 390 g/mol. The van der Waals surface area contributed by atoms with Gasteiger partial charge in [0.1, 0.15) is 15.9 Å². The Labute approximate surface area is 154 Å². The van der Waals surface area contributed by atoms with Gasteiger partial charge in [-0.15, -0.1) is 0 Å². The van der Waals surface area contributed by atoms with Crippen LogP contribution in [0.25, 0.3) is 0 Å². The minimum absolute atomic E-state index is 0. The number of hydrogen-bond donors (Lipinski definition) is 0. The zero-order chi connectivity index (χ0) is 15.5. The van der Waals surface area contributed by atoms with Crippen molar-refractivity contribution < 1.29 is 20.4 Å². The van der Waals surface area contributed by atoms with Crippen LogP contribution in [0.15, 0.2) is 72.8 Å². The molecule has 0 N–H and O–H groups in total. The first kappa shape index (κ1) is 18.1. The van der Waals surface area contributed by atoms with Crippen molar-refractivity contribution in [1.29, 1.82) is 0 Å². The zero-order valence-corrected chi connectivity index (χ0v) is 16.3. The Bertz CT molecular complexity index is 635. The van der Waals surface area contributed by atoms with Crippen molar-refractivity contribution >= 4 is 23.8 Å². The second-order valence-electron chi connectivity index (χ2n) is 5.97. The SMILES string of the molecule is Cc1ccc([PH+](c2ccc(C)cc2)c2ccc(C)cc2)cc1.[Pd]. The quantitative estimate of drug-likeness (QED) is 0.449. The van der Waals surface area contributed by atoms with Crippen LogP contribution >= 0.6 is 7.92 Å². The number of rotatable bonds is 3. The molecule has 0 unspecified atom stereocenters. The van der Waals surface area contributed by atoms with Crippen LogP contribution in [0.1, 0.15) is 16.7 Å². The smallest absolute Gasteiger partial charge is 0.0554 e. The summed E-state index contributed by atoms with van der Waals surface area (Å²) in [6.45, 7) is 6.44. The second kappa shape index (κ2) is 8.03. The van der Waals surface area contributed by atoms with Crippen molar-refractivity contribution in [2.75, 3.05) is 0 Å². The topological polar surface area (TPSA) is 0 Å². The molecule has 120 valence electrons. The molecule has 0 aliphatic heterocycles. The molecule has 3 aromatic rings. The molecule has 0 nitrogen and oxygen atoms in total. The Balaban J connectivity index is 0.00000192. The summed E-state index contributed by atoms with van der Waals surface area (Å²) in [5.41, 5.74) is 3.95. The van der Waals surface area contributed by atoms with Gasteiger partial charge in [0, 0.05) is 20.4 Å². The molecule has 0 aromatic heterocycles. The van der Waals surface area contributed by atoms with E-state index < -0.39 is 7.92 Å². The largest absolute Gasteiger partial charge is 0.102 e. The van der Waals surface area contributed by atoms with E-state index in [0.717, 1.165) is 0 Å². The maximum absolute atomic E-state index is 2.29. The van der Waals surface area contributed by atoms with E-state index >= 15 is 0 Å². The van der Waals surface area contributed by atoms with E-state index in [1.54, 1.807) is 0 Å². The van der Waals surface area contributed by atoms with Gasteiger partial charge < -0.3 is 0 Å². The Hall–Kier alpha value is -1.25. The molecular formula is C21H22PPd+. The van der Waals surface area contributed by atoms with Crippen LogP contribution in [-0.2, 0) is 20.4 Å². The van der Waals surface area contributed by atoms with Gasteiger partial charge in [0.05, 0.1) is 7.92 Å². The molecule has 0 aliphatic carbocycles. The fourth-order valence-electron chi connectivity index (χ4n) is 2.66. The van der Waals surface area contributed by atoms with Crippen LogP contribution in [0.4, 0.5) is 0 Å². The molecule has 3 rings (SSSR count). The summed E-state index contributed by atoms with van der Waals surface area (Å²) in [5, 5.41) is 4.34. The summed E-state index contributed by atoms with van der Waals surface area (Å²) in [6.07, 6.45) is 0. The minimum atomic E-state index is -0.927. The van der Waals surface area contributed by atoms with Crippen molar-refractivity contribution in [2.24, 2.45) is 0 Å². The standard InChI is InChI=1S/C21H21P.Pd/c1-16-4-10-19(11-5-16)22(20-12-6-17(2)7-13-20)21-14-8-18(3)9-15-21;/h4-15H,1-3H3;/p+1. The molecule has 0 fully saturated rings. The predicted molar refractivity (Wildman–Crippen MR) is 101 cm³/mol. The van der Waals surface area contributed by atoms with Crippen molar-refractivity contribution in [2.45, 2.75) is 20.8 Å². The third-order valence-electron chi connectivity index (χ3n) is 4.02. The molecule has 2 heteroatoms. The maximum atomic E-state index is 2.29. The number of hydrogen-bond acceptors (Lipinski definition) is 0. The summed E-state index contributed by atoms with van der Waals surface area (Å²) in [5.74, 6) is 0. The monoisotopic (exact) mass is 411 g/mol. The van der Waals surface area contributed by atoms with Gasteiger partial charge in [-0.25, -0.2) is 0 Å². The van der Waals surface area contributed by atoms with Gasteiger partial charge >= 0.3 is 0 Å². The van der Waals surface area contributed by atoms with Gasteiger partial charge in [0.2, 0.25) is 0 Å². The summed E-state index contributed by atoms with van der Waals surface area (Å²) < 4.78 is 0. The first-order valence-corrected chi connectivity index (χ1v) is 9.21. The van der Waals surface area contributed by atoms with Crippen LogP contribution in [0, 0.1) is 20.8 Å². The van der Waals surface area contributed by atoms with E-state index in [1.165, 1.54) is 32.6 Å². The summed E-state index contributed by atoms with van der Waals surface area (Å²) in [6, 6.07) is 27.1. The van der Waals surface area contributed by atoms with E-state index in [2.05, 4.69) is 93.6 Å². The number of aryl methyl sites for hydroxylation is 3.